The van der Waals surface area contributed by atoms with Crippen molar-refractivity contribution in [1.82, 2.24) is 9.88 Å². The monoisotopic (exact) mass is 371 g/mol. The summed E-state index contributed by atoms with van der Waals surface area (Å²) in [4.78, 5) is 32.6. The van der Waals surface area contributed by atoms with Crippen molar-refractivity contribution < 1.29 is 19.1 Å². The van der Waals surface area contributed by atoms with Gasteiger partial charge in [-0.15, -0.1) is 0 Å². The number of aromatic nitrogens is 1. The van der Waals surface area contributed by atoms with E-state index in [1.54, 1.807) is 6.92 Å². The molecule has 27 heavy (non-hydrogen) atoms. The van der Waals surface area contributed by atoms with Gasteiger partial charge in [0.15, 0.2) is 5.58 Å². The Labute approximate surface area is 157 Å². The van der Waals surface area contributed by atoms with E-state index < -0.39 is 11.9 Å². The van der Waals surface area contributed by atoms with Crippen LogP contribution in [0.15, 0.2) is 28.7 Å². The minimum Gasteiger partial charge on any atom is -0.481 e. The average molecular weight is 371 g/mol. The Morgan fingerprint density at radius 2 is 1.96 bits per heavy atom. The van der Waals surface area contributed by atoms with Crippen molar-refractivity contribution in [3.63, 3.8) is 0 Å². The van der Waals surface area contributed by atoms with Crippen LogP contribution in [0.1, 0.15) is 32.6 Å². The summed E-state index contributed by atoms with van der Waals surface area (Å²) in [6.45, 7) is 3.41. The van der Waals surface area contributed by atoms with Gasteiger partial charge in [-0.2, -0.15) is 4.98 Å². The van der Waals surface area contributed by atoms with Crippen molar-refractivity contribution in [3.05, 3.63) is 24.3 Å². The van der Waals surface area contributed by atoms with Gasteiger partial charge in [-0.25, -0.2) is 0 Å². The first-order valence-electron chi connectivity index (χ1n) is 9.66. The Kier molecular flexibility index (Phi) is 4.76. The molecule has 4 rings (SSSR count). The van der Waals surface area contributed by atoms with E-state index in [9.17, 15) is 14.7 Å². The molecule has 7 nitrogen and oxygen atoms in total. The predicted octanol–water partition coefficient (Wildman–Crippen LogP) is 2.76. The number of fused-ring (bicyclic) bond motifs is 1. The van der Waals surface area contributed by atoms with Crippen molar-refractivity contribution in [2.75, 3.05) is 24.5 Å². The van der Waals surface area contributed by atoms with Crippen LogP contribution >= 0.6 is 0 Å². The third-order valence-corrected chi connectivity index (χ3v) is 5.56. The molecule has 2 aromatic rings. The maximum absolute atomic E-state index is 13.0. The molecule has 1 aromatic heterocycles. The van der Waals surface area contributed by atoms with Crippen LogP contribution in [0.25, 0.3) is 11.1 Å². The molecule has 2 aliphatic rings. The van der Waals surface area contributed by atoms with Gasteiger partial charge in [0.05, 0.1) is 5.92 Å². The lowest BCUT2D eigenvalue weighted by Gasteiger charge is -2.34. The molecule has 0 spiro atoms. The van der Waals surface area contributed by atoms with Gasteiger partial charge in [0.1, 0.15) is 5.52 Å². The number of oxazole rings is 1. The highest BCUT2D eigenvalue weighted by Gasteiger charge is 2.38. The van der Waals surface area contributed by atoms with Gasteiger partial charge in [-0.05, 0) is 37.8 Å². The summed E-state index contributed by atoms with van der Waals surface area (Å²) in [5.41, 5.74) is 1.61. The lowest BCUT2D eigenvalue weighted by atomic mass is 9.95. The van der Waals surface area contributed by atoms with Crippen LogP contribution < -0.4 is 4.90 Å². The van der Waals surface area contributed by atoms with Crippen molar-refractivity contribution in [2.24, 2.45) is 11.8 Å². The largest absolute Gasteiger partial charge is 0.481 e. The molecule has 1 N–H and O–H groups in total. The number of carboxylic acid groups (broad SMARTS) is 1. The zero-order chi connectivity index (χ0) is 19.0. The standard InChI is InChI=1S/C20H25N3O4/c1-13(19(25)26)12-23(15-6-7-15)18(24)14-8-10-22(11-9-14)20-21-16-4-2-3-5-17(16)27-20/h2-5,13-15H,6-12H2,1H3,(H,25,26). The lowest BCUT2D eigenvalue weighted by Crippen LogP contribution is -2.45. The number of anilines is 1. The van der Waals surface area contributed by atoms with Crippen LogP contribution in [0.4, 0.5) is 6.01 Å². The molecule has 2 fully saturated rings. The zero-order valence-corrected chi connectivity index (χ0v) is 15.5. The molecular weight excluding hydrogens is 346 g/mol. The second-order valence-electron chi connectivity index (χ2n) is 7.69. The number of benzene rings is 1. The van der Waals surface area contributed by atoms with E-state index in [4.69, 9.17) is 4.42 Å². The van der Waals surface area contributed by atoms with Gasteiger partial charge in [0.25, 0.3) is 6.01 Å². The smallest absolute Gasteiger partial charge is 0.308 e. The molecule has 2 heterocycles. The van der Waals surface area contributed by atoms with E-state index >= 15 is 0 Å². The first-order valence-corrected chi connectivity index (χ1v) is 9.66. The summed E-state index contributed by atoms with van der Waals surface area (Å²) in [5, 5.41) is 9.18. The third-order valence-electron chi connectivity index (χ3n) is 5.56. The number of carboxylic acids is 1. The molecule has 0 bridgehead atoms. The molecule has 1 saturated carbocycles. The summed E-state index contributed by atoms with van der Waals surface area (Å²) in [7, 11) is 0. The fraction of sp³-hybridized carbons (Fsp3) is 0.550. The third kappa shape index (κ3) is 3.77. The molecule has 1 aromatic carbocycles. The number of para-hydroxylation sites is 2. The fourth-order valence-corrected chi connectivity index (χ4v) is 3.73. The van der Waals surface area contributed by atoms with Gasteiger partial charge in [0.2, 0.25) is 5.91 Å². The van der Waals surface area contributed by atoms with Crippen molar-refractivity contribution in [3.8, 4) is 0 Å². The SMILES string of the molecule is CC(CN(C(=O)C1CCN(c2nc3ccccc3o2)CC1)C1CC1)C(=O)O. The van der Waals surface area contributed by atoms with Crippen molar-refractivity contribution in [2.45, 2.75) is 38.6 Å². The van der Waals surface area contributed by atoms with E-state index in [2.05, 4.69) is 9.88 Å². The Bertz CT molecular complexity index is 804. The molecule has 1 amide bonds. The van der Waals surface area contributed by atoms with E-state index in [1.807, 2.05) is 29.2 Å². The van der Waals surface area contributed by atoms with Gasteiger partial charge >= 0.3 is 5.97 Å². The highest BCUT2D eigenvalue weighted by atomic mass is 16.4. The zero-order valence-electron chi connectivity index (χ0n) is 15.5. The molecule has 1 aliphatic heterocycles. The number of carbonyl (C=O) groups excluding carboxylic acids is 1. The molecule has 144 valence electrons. The van der Waals surface area contributed by atoms with E-state index in [1.165, 1.54) is 0 Å². The Morgan fingerprint density at radius 1 is 1.26 bits per heavy atom. The second-order valence-corrected chi connectivity index (χ2v) is 7.69. The molecule has 1 aliphatic carbocycles. The van der Waals surface area contributed by atoms with Crippen LogP contribution in [0.5, 0.6) is 0 Å². The van der Waals surface area contributed by atoms with E-state index in [0.717, 1.165) is 49.9 Å². The van der Waals surface area contributed by atoms with Crippen LogP contribution in [0, 0.1) is 11.8 Å². The molecule has 7 heteroatoms. The number of rotatable bonds is 6. The first-order chi connectivity index (χ1) is 13.0. The van der Waals surface area contributed by atoms with Crippen LogP contribution in [-0.2, 0) is 9.59 Å². The summed E-state index contributed by atoms with van der Waals surface area (Å²) in [6.07, 6.45) is 3.45. The van der Waals surface area contributed by atoms with Crippen LogP contribution in [-0.4, -0.2) is 52.5 Å². The van der Waals surface area contributed by atoms with E-state index in [0.29, 0.717) is 12.6 Å². The number of hydrogen-bond acceptors (Lipinski definition) is 5. The minimum atomic E-state index is -0.848. The van der Waals surface area contributed by atoms with Gasteiger partial charge in [-0.1, -0.05) is 19.1 Å². The number of piperidine rings is 1. The van der Waals surface area contributed by atoms with E-state index in [-0.39, 0.29) is 17.9 Å². The maximum atomic E-state index is 13.0. The molecule has 0 radical (unpaired) electrons. The van der Waals surface area contributed by atoms with Crippen LogP contribution in [0.2, 0.25) is 0 Å². The Morgan fingerprint density at radius 3 is 2.59 bits per heavy atom. The highest BCUT2D eigenvalue weighted by Crippen LogP contribution is 2.32. The molecule has 1 unspecified atom stereocenters. The normalized spacial score (nSPS) is 19.2. The summed E-state index contributed by atoms with van der Waals surface area (Å²) < 4.78 is 5.83. The summed E-state index contributed by atoms with van der Waals surface area (Å²) in [5.74, 6) is -1.32. The predicted molar refractivity (Wildman–Crippen MR) is 100 cm³/mol. The maximum Gasteiger partial charge on any atom is 0.308 e. The number of hydrogen-bond donors (Lipinski definition) is 1. The Hall–Kier alpha value is -2.57. The van der Waals surface area contributed by atoms with Crippen molar-refractivity contribution >= 4 is 29.0 Å². The highest BCUT2D eigenvalue weighted by molar-refractivity contribution is 5.81. The molecule has 1 saturated heterocycles. The fourth-order valence-electron chi connectivity index (χ4n) is 3.73. The molecule has 1 atom stereocenters. The summed E-state index contributed by atoms with van der Waals surface area (Å²) >= 11 is 0. The lowest BCUT2D eigenvalue weighted by molar-refractivity contribution is -0.144. The minimum absolute atomic E-state index is 0.0489. The first kappa shape index (κ1) is 17.8. The number of carbonyl (C=O) groups is 2. The topological polar surface area (TPSA) is 86.9 Å². The van der Waals surface area contributed by atoms with Gasteiger partial charge < -0.3 is 19.3 Å². The van der Waals surface area contributed by atoms with Crippen LogP contribution in [0.3, 0.4) is 0 Å². The number of amides is 1. The van der Waals surface area contributed by atoms with Gasteiger partial charge in [-0.3, -0.25) is 9.59 Å². The van der Waals surface area contributed by atoms with Gasteiger partial charge in [0, 0.05) is 31.6 Å². The summed E-state index contributed by atoms with van der Waals surface area (Å²) in [6, 6.07) is 8.53. The second kappa shape index (κ2) is 7.21. The number of aliphatic carboxylic acids is 1. The molecular formula is C20H25N3O4. The quantitative estimate of drug-likeness (QED) is 0.840. The Balaban J connectivity index is 1.38. The van der Waals surface area contributed by atoms with Crippen molar-refractivity contribution in [1.29, 1.82) is 0 Å². The average Bonchev–Trinajstić information content (AvgIpc) is 3.43. The number of nitrogens with zero attached hydrogens (tertiary/aromatic N) is 3.